The van der Waals surface area contributed by atoms with E-state index >= 15 is 0 Å². The fraction of sp³-hybridized carbons (Fsp3) is 0.182. The topological polar surface area (TPSA) is 38.7 Å². The van der Waals surface area contributed by atoms with Gasteiger partial charge in [-0.15, -0.1) is 0 Å². The molecule has 76 valence electrons. The standard InChI is InChI=1S/C11H10ClN3/c1-7-8(2)15-6-9(10(7)12)11-13-4-3-5-14-11/h3-6H,1-2H3. The summed E-state index contributed by atoms with van der Waals surface area (Å²) in [6.07, 6.45) is 5.09. The van der Waals surface area contributed by atoms with Gasteiger partial charge in [-0.1, -0.05) is 11.6 Å². The van der Waals surface area contributed by atoms with Crippen LogP contribution in [0.15, 0.2) is 24.7 Å². The molecule has 0 fully saturated rings. The van der Waals surface area contributed by atoms with E-state index in [-0.39, 0.29) is 0 Å². The Bertz CT molecular complexity index is 483. The largest absolute Gasteiger partial charge is 0.260 e. The van der Waals surface area contributed by atoms with Gasteiger partial charge >= 0.3 is 0 Å². The number of rotatable bonds is 1. The summed E-state index contributed by atoms with van der Waals surface area (Å²) in [6.45, 7) is 3.87. The lowest BCUT2D eigenvalue weighted by Crippen LogP contribution is -1.94. The first-order chi connectivity index (χ1) is 7.20. The summed E-state index contributed by atoms with van der Waals surface area (Å²) in [5, 5.41) is 0.675. The van der Waals surface area contributed by atoms with E-state index in [4.69, 9.17) is 11.6 Å². The molecule has 0 aromatic carbocycles. The maximum Gasteiger partial charge on any atom is 0.162 e. The molecule has 4 heteroatoms. The van der Waals surface area contributed by atoms with Gasteiger partial charge in [0.1, 0.15) is 0 Å². The number of hydrogen-bond donors (Lipinski definition) is 0. The lowest BCUT2D eigenvalue weighted by Gasteiger charge is -2.06. The second-order valence-electron chi connectivity index (χ2n) is 3.27. The number of pyridine rings is 1. The van der Waals surface area contributed by atoms with Gasteiger partial charge in [-0.25, -0.2) is 9.97 Å². The molecular weight excluding hydrogens is 210 g/mol. The summed E-state index contributed by atoms with van der Waals surface area (Å²) in [5.41, 5.74) is 2.68. The van der Waals surface area contributed by atoms with Gasteiger partial charge in [0.2, 0.25) is 0 Å². The first kappa shape index (κ1) is 10.1. The van der Waals surface area contributed by atoms with Gasteiger partial charge < -0.3 is 0 Å². The number of nitrogens with zero attached hydrogens (tertiary/aromatic N) is 3. The Morgan fingerprint density at radius 3 is 2.40 bits per heavy atom. The van der Waals surface area contributed by atoms with Crippen molar-refractivity contribution < 1.29 is 0 Å². The fourth-order valence-corrected chi connectivity index (χ4v) is 1.54. The van der Waals surface area contributed by atoms with Crippen LogP contribution in [0.3, 0.4) is 0 Å². The van der Waals surface area contributed by atoms with Gasteiger partial charge in [0.25, 0.3) is 0 Å². The van der Waals surface area contributed by atoms with Crippen molar-refractivity contribution >= 4 is 11.6 Å². The van der Waals surface area contributed by atoms with Gasteiger partial charge in [0.15, 0.2) is 5.82 Å². The summed E-state index contributed by atoms with van der Waals surface area (Å²) >= 11 is 6.21. The quantitative estimate of drug-likeness (QED) is 0.740. The van der Waals surface area contributed by atoms with E-state index in [1.807, 2.05) is 13.8 Å². The van der Waals surface area contributed by atoms with E-state index < -0.39 is 0 Å². The molecule has 0 aliphatic heterocycles. The highest BCUT2D eigenvalue weighted by molar-refractivity contribution is 6.33. The zero-order valence-electron chi connectivity index (χ0n) is 8.53. The van der Waals surface area contributed by atoms with Crippen molar-refractivity contribution in [3.05, 3.63) is 40.9 Å². The van der Waals surface area contributed by atoms with Crippen molar-refractivity contribution in [2.75, 3.05) is 0 Å². The van der Waals surface area contributed by atoms with E-state index in [0.29, 0.717) is 10.8 Å². The van der Waals surface area contributed by atoms with E-state index in [0.717, 1.165) is 16.8 Å². The molecule has 0 amide bonds. The molecule has 3 nitrogen and oxygen atoms in total. The van der Waals surface area contributed by atoms with Crippen LogP contribution in [0, 0.1) is 13.8 Å². The third-order valence-electron chi connectivity index (χ3n) is 2.30. The SMILES string of the molecule is Cc1ncc(-c2ncccn2)c(Cl)c1C. The Hall–Kier alpha value is -1.48. The summed E-state index contributed by atoms with van der Waals surface area (Å²) < 4.78 is 0. The monoisotopic (exact) mass is 219 g/mol. The van der Waals surface area contributed by atoms with Gasteiger partial charge in [-0.2, -0.15) is 0 Å². The minimum Gasteiger partial charge on any atom is -0.260 e. The van der Waals surface area contributed by atoms with Crippen LogP contribution in [0.5, 0.6) is 0 Å². The van der Waals surface area contributed by atoms with Crippen molar-refractivity contribution in [3.63, 3.8) is 0 Å². The molecule has 0 radical (unpaired) electrons. The highest BCUT2D eigenvalue weighted by Gasteiger charge is 2.10. The van der Waals surface area contributed by atoms with Crippen molar-refractivity contribution in [2.45, 2.75) is 13.8 Å². The van der Waals surface area contributed by atoms with Crippen molar-refractivity contribution in [1.29, 1.82) is 0 Å². The van der Waals surface area contributed by atoms with Crippen LogP contribution in [0.1, 0.15) is 11.3 Å². The van der Waals surface area contributed by atoms with Crippen LogP contribution in [-0.2, 0) is 0 Å². The second kappa shape index (κ2) is 3.95. The predicted octanol–water partition coefficient (Wildman–Crippen LogP) is 2.81. The number of halogens is 1. The molecule has 0 unspecified atom stereocenters. The van der Waals surface area contributed by atoms with Crippen LogP contribution < -0.4 is 0 Å². The van der Waals surface area contributed by atoms with Crippen LogP contribution in [-0.4, -0.2) is 15.0 Å². The van der Waals surface area contributed by atoms with E-state index in [1.165, 1.54) is 0 Å². The third-order valence-corrected chi connectivity index (χ3v) is 2.79. The van der Waals surface area contributed by atoms with Crippen LogP contribution >= 0.6 is 11.6 Å². The molecule has 0 aliphatic carbocycles. The normalized spacial score (nSPS) is 10.3. The van der Waals surface area contributed by atoms with Gasteiger partial charge in [0.05, 0.1) is 10.6 Å². The van der Waals surface area contributed by atoms with Crippen LogP contribution in [0.4, 0.5) is 0 Å². The van der Waals surface area contributed by atoms with E-state index in [2.05, 4.69) is 15.0 Å². The Kier molecular flexibility index (Phi) is 2.64. The molecule has 2 aromatic heterocycles. The molecular formula is C11H10ClN3. The molecule has 0 saturated heterocycles. The minimum atomic E-state index is 0.609. The van der Waals surface area contributed by atoms with Gasteiger partial charge in [-0.3, -0.25) is 4.98 Å². The average Bonchev–Trinajstić information content (AvgIpc) is 2.27. The molecule has 0 spiro atoms. The van der Waals surface area contributed by atoms with Crippen LogP contribution in [0.25, 0.3) is 11.4 Å². The van der Waals surface area contributed by atoms with Crippen LogP contribution in [0.2, 0.25) is 5.02 Å². The Morgan fingerprint density at radius 2 is 1.73 bits per heavy atom. The van der Waals surface area contributed by atoms with Gasteiger partial charge in [-0.05, 0) is 25.5 Å². The lowest BCUT2D eigenvalue weighted by molar-refractivity contribution is 1.12. The van der Waals surface area contributed by atoms with Crippen molar-refractivity contribution in [3.8, 4) is 11.4 Å². The Labute approximate surface area is 93.2 Å². The predicted molar refractivity (Wildman–Crippen MR) is 59.7 cm³/mol. The fourth-order valence-electron chi connectivity index (χ4n) is 1.27. The Balaban J connectivity index is 2.60. The molecule has 2 rings (SSSR count). The maximum absolute atomic E-state index is 6.21. The molecule has 0 saturated carbocycles. The second-order valence-corrected chi connectivity index (χ2v) is 3.65. The lowest BCUT2D eigenvalue weighted by atomic mass is 10.1. The van der Waals surface area contributed by atoms with E-state index in [9.17, 15) is 0 Å². The Morgan fingerprint density at radius 1 is 1.07 bits per heavy atom. The summed E-state index contributed by atoms with van der Waals surface area (Å²) in [5.74, 6) is 0.609. The molecule has 0 N–H and O–H groups in total. The number of aryl methyl sites for hydroxylation is 1. The molecule has 15 heavy (non-hydrogen) atoms. The number of aromatic nitrogens is 3. The molecule has 0 bridgehead atoms. The minimum absolute atomic E-state index is 0.609. The molecule has 0 aliphatic rings. The van der Waals surface area contributed by atoms with Crippen molar-refractivity contribution in [1.82, 2.24) is 15.0 Å². The summed E-state index contributed by atoms with van der Waals surface area (Å²) in [6, 6.07) is 1.77. The first-order valence-electron chi connectivity index (χ1n) is 4.59. The smallest absolute Gasteiger partial charge is 0.162 e. The maximum atomic E-state index is 6.21. The molecule has 2 heterocycles. The first-order valence-corrected chi connectivity index (χ1v) is 4.97. The zero-order chi connectivity index (χ0) is 10.8. The van der Waals surface area contributed by atoms with E-state index in [1.54, 1.807) is 24.7 Å². The van der Waals surface area contributed by atoms with Gasteiger partial charge in [0, 0.05) is 24.3 Å². The zero-order valence-corrected chi connectivity index (χ0v) is 9.28. The molecule has 0 atom stereocenters. The highest BCUT2D eigenvalue weighted by Crippen LogP contribution is 2.28. The number of hydrogen-bond acceptors (Lipinski definition) is 3. The molecule has 2 aromatic rings. The highest BCUT2D eigenvalue weighted by atomic mass is 35.5. The average molecular weight is 220 g/mol. The van der Waals surface area contributed by atoms with Crippen molar-refractivity contribution in [2.24, 2.45) is 0 Å². The summed E-state index contributed by atoms with van der Waals surface area (Å²) in [7, 11) is 0. The third kappa shape index (κ3) is 1.83. The summed E-state index contributed by atoms with van der Waals surface area (Å²) in [4.78, 5) is 12.5.